The molecule has 10 heteroatoms. The fraction of sp³-hybridized carbons (Fsp3) is 0.808. The van der Waals surface area contributed by atoms with Crippen molar-refractivity contribution in [3.8, 4) is 11.5 Å². The molecule has 0 aliphatic carbocycles. The van der Waals surface area contributed by atoms with E-state index in [-0.39, 0.29) is 70.1 Å². The van der Waals surface area contributed by atoms with E-state index in [0.717, 1.165) is 19.3 Å². The lowest BCUT2D eigenvalue weighted by Gasteiger charge is -2.21. The van der Waals surface area contributed by atoms with Gasteiger partial charge in [0.15, 0.2) is 17.6 Å². The van der Waals surface area contributed by atoms with Crippen molar-refractivity contribution < 1.29 is 48.2 Å². The summed E-state index contributed by atoms with van der Waals surface area (Å²) < 4.78 is 33.6. The van der Waals surface area contributed by atoms with Gasteiger partial charge in [0.25, 0.3) is 0 Å². The molecular weight excluding hydrogens is 472 g/mol. The molecule has 0 amide bonds. The Morgan fingerprint density at radius 3 is 2.14 bits per heavy atom. The van der Waals surface area contributed by atoms with Crippen LogP contribution in [0.4, 0.5) is 0 Å². The van der Waals surface area contributed by atoms with Crippen LogP contribution >= 0.6 is 0 Å². The quantitative estimate of drug-likeness (QED) is 0.138. The van der Waals surface area contributed by atoms with Gasteiger partial charge in [-0.05, 0) is 13.3 Å². The Morgan fingerprint density at radius 2 is 1.50 bits per heavy atom. The van der Waals surface area contributed by atoms with Crippen molar-refractivity contribution in [1.82, 2.24) is 0 Å². The number of carbonyl (C=O) groups is 1. The standard InChI is InChI=1S/C26H46O10/c1-3-5-6-7-8-9-10-11-12-21(26(30)31-4-2)35-19-22(32-16-13-27)25-24(34-18-15-29)23(20-36-25)33-17-14-28/h20-22,27-29H,3-19H2,1-2H3. The summed E-state index contributed by atoms with van der Waals surface area (Å²) in [7, 11) is 0. The van der Waals surface area contributed by atoms with Crippen molar-refractivity contribution in [3.05, 3.63) is 12.0 Å². The second kappa shape index (κ2) is 21.3. The van der Waals surface area contributed by atoms with Crippen molar-refractivity contribution in [3.63, 3.8) is 0 Å². The van der Waals surface area contributed by atoms with Crippen LogP contribution in [0, 0.1) is 0 Å². The Balaban J connectivity index is 2.81. The van der Waals surface area contributed by atoms with Gasteiger partial charge in [0.1, 0.15) is 25.6 Å². The van der Waals surface area contributed by atoms with Crippen molar-refractivity contribution in [1.29, 1.82) is 0 Å². The second-order valence-electron chi connectivity index (χ2n) is 8.36. The minimum absolute atomic E-state index is 0.00308. The zero-order chi connectivity index (χ0) is 26.4. The van der Waals surface area contributed by atoms with E-state index in [4.69, 9.17) is 33.2 Å². The van der Waals surface area contributed by atoms with Crippen LogP contribution in [0.1, 0.15) is 83.5 Å². The molecule has 1 aromatic rings. The van der Waals surface area contributed by atoms with Crippen LogP contribution in [0.2, 0.25) is 0 Å². The van der Waals surface area contributed by atoms with Crippen LogP contribution in [0.5, 0.6) is 11.5 Å². The van der Waals surface area contributed by atoms with Crippen molar-refractivity contribution >= 4 is 5.97 Å². The number of hydrogen-bond donors (Lipinski definition) is 3. The number of carbonyl (C=O) groups excluding carboxylic acids is 1. The highest BCUT2D eigenvalue weighted by Gasteiger charge is 2.29. The van der Waals surface area contributed by atoms with E-state index in [1.54, 1.807) is 6.92 Å². The van der Waals surface area contributed by atoms with Crippen LogP contribution in [-0.2, 0) is 19.0 Å². The lowest BCUT2D eigenvalue weighted by Crippen LogP contribution is -2.29. The van der Waals surface area contributed by atoms with Gasteiger partial charge in [0.05, 0.1) is 39.6 Å². The second-order valence-corrected chi connectivity index (χ2v) is 8.36. The average Bonchev–Trinajstić information content (AvgIpc) is 3.28. The van der Waals surface area contributed by atoms with E-state index >= 15 is 0 Å². The molecule has 0 aliphatic rings. The van der Waals surface area contributed by atoms with E-state index < -0.39 is 18.2 Å². The first kappa shape index (κ1) is 32.2. The number of furan rings is 1. The Hall–Kier alpha value is -1.85. The summed E-state index contributed by atoms with van der Waals surface area (Å²) in [6.07, 6.45) is 9.44. The summed E-state index contributed by atoms with van der Waals surface area (Å²) in [5.74, 6) is 0.259. The highest BCUT2D eigenvalue weighted by molar-refractivity contribution is 5.74. The molecule has 1 heterocycles. The maximum atomic E-state index is 12.5. The van der Waals surface area contributed by atoms with Crippen molar-refractivity contribution in [2.45, 2.75) is 83.8 Å². The van der Waals surface area contributed by atoms with Gasteiger partial charge in [-0.3, -0.25) is 0 Å². The normalized spacial score (nSPS) is 12.9. The summed E-state index contributed by atoms with van der Waals surface area (Å²) >= 11 is 0. The Morgan fingerprint density at radius 1 is 0.861 bits per heavy atom. The molecule has 36 heavy (non-hydrogen) atoms. The molecule has 210 valence electrons. The summed E-state index contributed by atoms with van der Waals surface area (Å²) in [4.78, 5) is 12.5. The number of ether oxygens (including phenoxy) is 5. The van der Waals surface area contributed by atoms with E-state index in [1.807, 2.05) is 0 Å². The fourth-order valence-electron chi connectivity index (χ4n) is 3.68. The van der Waals surface area contributed by atoms with Crippen LogP contribution < -0.4 is 9.47 Å². The van der Waals surface area contributed by atoms with Gasteiger partial charge in [-0.25, -0.2) is 4.79 Å². The van der Waals surface area contributed by atoms with E-state index in [2.05, 4.69) is 6.92 Å². The minimum atomic E-state index is -0.812. The Bertz CT molecular complexity index is 663. The molecule has 0 aromatic carbocycles. The van der Waals surface area contributed by atoms with Gasteiger partial charge in [-0.2, -0.15) is 0 Å². The molecule has 0 bridgehead atoms. The Kier molecular flexibility index (Phi) is 19.0. The molecule has 1 rings (SSSR count). The highest BCUT2D eigenvalue weighted by Crippen LogP contribution is 2.39. The molecule has 1 aromatic heterocycles. The van der Waals surface area contributed by atoms with E-state index in [0.29, 0.717) is 6.42 Å². The van der Waals surface area contributed by atoms with Gasteiger partial charge in [0, 0.05) is 0 Å². The maximum absolute atomic E-state index is 12.5. The third-order valence-electron chi connectivity index (χ3n) is 5.45. The summed E-state index contributed by atoms with van der Waals surface area (Å²) in [5.41, 5.74) is 0. The summed E-state index contributed by atoms with van der Waals surface area (Å²) in [5, 5.41) is 27.5. The van der Waals surface area contributed by atoms with Gasteiger partial charge in [0.2, 0.25) is 5.75 Å². The summed E-state index contributed by atoms with van der Waals surface area (Å²) in [6, 6.07) is 0. The molecule has 0 fully saturated rings. The SMILES string of the molecule is CCCCCCCCCCC(OCC(OCCO)c1occ(OCCO)c1OCCO)C(=O)OCC. The predicted molar refractivity (Wildman–Crippen MR) is 133 cm³/mol. The van der Waals surface area contributed by atoms with Crippen molar-refractivity contribution in [2.24, 2.45) is 0 Å². The zero-order valence-corrected chi connectivity index (χ0v) is 22.0. The van der Waals surface area contributed by atoms with Crippen LogP contribution in [0.3, 0.4) is 0 Å². The number of rotatable bonds is 24. The molecule has 0 radical (unpaired) electrons. The predicted octanol–water partition coefficient (Wildman–Crippen LogP) is 3.55. The van der Waals surface area contributed by atoms with Crippen LogP contribution in [-0.4, -0.2) is 80.2 Å². The largest absolute Gasteiger partial charge is 0.484 e. The minimum Gasteiger partial charge on any atom is -0.484 e. The van der Waals surface area contributed by atoms with Gasteiger partial charge in [-0.15, -0.1) is 0 Å². The van der Waals surface area contributed by atoms with Crippen LogP contribution in [0.25, 0.3) is 0 Å². The molecule has 0 saturated carbocycles. The maximum Gasteiger partial charge on any atom is 0.335 e. The van der Waals surface area contributed by atoms with Crippen LogP contribution in [0.15, 0.2) is 10.7 Å². The third-order valence-corrected chi connectivity index (χ3v) is 5.45. The smallest absolute Gasteiger partial charge is 0.335 e. The zero-order valence-electron chi connectivity index (χ0n) is 22.0. The van der Waals surface area contributed by atoms with Crippen molar-refractivity contribution in [2.75, 3.05) is 52.9 Å². The molecule has 0 saturated heterocycles. The first-order valence-electron chi connectivity index (χ1n) is 13.2. The lowest BCUT2D eigenvalue weighted by molar-refractivity contribution is -0.160. The number of unbranched alkanes of at least 4 members (excludes halogenated alkanes) is 7. The molecule has 3 N–H and O–H groups in total. The van der Waals surface area contributed by atoms with E-state index in [9.17, 15) is 15.0 Å². The average molecular weight is 519 g/mol. The first-order chi connectivity index (χ1) is 17.6. The fourth-order valence-corrected chi connectivity index (χ4v) is 3.68. The molecule has 0 spiro atoms. The molecule has 2 unspecified atom stereocenters. The van der Waals surface area contributed by atoms with Gasteiger partial charge in [-0.1, -0.05) is 58.3 Å². The highest BCUT2D eigenvalue weighted by atomic mass is 16.6. The monoisotopic (exact) mass is 518 g/mol. The Labute approximate surface area is 214 Å². The topological polar surface area (TPSA) is 137 Å². The number of aliphatic hydroxyl groups is 3. The molecular formula is C26H46O10. The number of aliphatic hydroxyl groups excluding tert-OH is 3. The molecule has 2 atom stereocenters. The first-order valence-corrected chi connectivity index (χ1v) is 13.2. The number of esters is 1. The molecule has 10 nitrogen and oxygen atoms in total. The van der Waals surface area contributed by atoms with Gasteiger partial charge < -0.3 is 43.4 Å². The van der Waals surface area contributed by atoms with E-state index in [1.165, 1.54) is 38.4 Å². The summed E-state index contributed by atoms with van der Waals surface area (Å²) in [6.45, 7) is 3.51. The third kappa shape index (κ3) is 12.9. The number of hydrogen-bond acceptors (Lipinski definition) is 10. The lowest BCUT2D eigenvalue weighted by atomic mass is 10.1. The molecule has 0 aliphatic heterocycles. The van der Waals surface area contributed by atoms with Gasteiger partial charge >= 0.3 is 5.97 Å².